The first-order valence-corrected chi connectivity index (χ1v) is 6.98. The third-order valence-corrected chi connectivity index (χ3v) is 4.04. The zero-order chi connectivity index (χ0) is 13.2. The van der Waals surface area contributed by atoms with Crippen LogP contribution in [0.2, 0.25) is 0 Å². The molecule has 0 radical (unpaired) electrons. The van der Waals surface area contributed by atoms with Gasteiger partial charge in [-0.2, -0.15) is 0 Å². The van der Waals surface area contributed by atoms with Crippen molar-refractivity contribution in [2.45, 2.75) is 58.5 Å². The Kier molecular flexibility index (Phi) is 4.06. The van der Waals surface area contributed by atoms with Gasteiger partial charge in [-0.25, -0.2) is 4.39 Å². The second-order valence-corrected chi connectivity index (χ2v) is 6.40. The lowest BCUT2D eigenvalue weighted by Crippen LogP contribution is -2.38. The molecule has 1 fully saturated rings. The lowest BCUT2D eigenvalue weighted by Gasteiger charge is -2.37. The molecule has 0 amide bonds. The predicted molar refractivity (Wildman–Crippen MR) is 74.0 cm³/mol. The molecule has 1 aromatic rings. The van der Waals surface area contributed by atoms with Crippen molar-refractivity contribution in [3.05, 3.63) is 35.6 Å². The molecule has 0 heterocycles. The Labute approximate surface area is 110 Å². The molecule has 1 aliphatic rings. The molecular formula is C16H24FN. The highest BCUT2D eigenvalue weighted by atomic mass is 19.1. The second-order valence-electron chi connectivity index (χ2n) is 6.40. The largest absolute Gasteiger partial charge is 0.307 e. The van der Waals surface area contributed by atoms with E-state index in [4.69, 9.17) is 0 Å². The van der Waals surface area contributed by atoms with Crippen LogP contribution in [0.4, 0.5) is 4.39 Å². The van der Waals surface area contributed by atoms with Crippen LogP contribution in [-0.4, -0.2) is 6.04 Å². The minimum atomic E-state index is -0.148. The molecule has 2 heteroatoms. The van der Waals surface area contributed by atoms with Crippen molar-refractivity contribution in [1.82, 2.24) is 5.32 Å². The molecule has 0 spiro atoms. The molecule has 0 bridgehead atoms. The summed E-state index contributed by atoms with van der Waals surface area (Å²) in [6, 6.07) is 7.69. The Morgan fingerprint density at radius 3 is 2.83 bits per heavy atom. The molecule has 1 nitrogen and oxygen atoms in total. The normalized spacial score (nSPS) is 24.8. The third kappa shape index (κ3) is 3.55. The van der Waals surface area contributed by atoms with Crippen molar-refractivity contribution in [2.24, 2.45) is 5.41 Å². The molecule has 1 N–H and O–H groups in total. The number of hydrogen-bond donors (Lipinski definition) is 1. The smallest absolute Gasteiger partial charge is 0.123 e. The molecule has 100 valence electrons. The molecule has 1 aromatic carbocycles. The first-order chi connectivity index (χ1) is 8.46. The Morgan fingerprint density at radius 1 is 1.39 bits per heavy atom. The molecule has 18 heavy (non-hydrogen) atoms. The number of hydrogen-bond acceptors (Lipinski definition) is 1. The summed E-state index contributed by atoms with van der Waals surface area (Å²) in [5.74, 6) is -0.148. The van der Waals surface area contributed by atoms with Crippen molar-refractivity contribution in [2.75, 3.05) is 0 Å². The number of halogens is 1. The van der Waals surface area contributed by atoms with E-state index >= 15 is 0 Å². The maximum absolute atomic E-state index is 13.2. The fraction of sp³-hybridized carbons (Fsp3) is 0.625. The highest BCUT2D eigenvalue weighted by Gasteiger charge is 2.28. The predicted octanol–water partition coefficient (Wildman–Crippen LogP) is 4.45. The molecule has 2 rings (SSSR count). The van der Waals surface area contributed by atoms with Gasteiger partial charge in [0.2, 0.25) is 0 Å². The number of benzene rings is 1. The maximum atomic E-state index is 13.2. The van der Waals surface area contributed by atoms with E-state index in [-0.39, 0.29) is 11.9 Å². The average molecular weight is 249 g/mol. The van der Waals surface area contributed by atoms with Gasteiger partial charge in [-0.1, -0.05) is 32.4 Å². The highest BCUT2D eigenvalue weighted by molar-refractivity contribution is 5.19. The standard InChI is InChI=1S/C16H24FN/c1-12(13-6-4-7-14(17)10-13)18-15-8-5-9-16(2,3)11-15/h4,6-7,10,12,15,18H,5,8-9,11H2,1-3H3. The lowest BCUT2D eigenvalue weighted by molar-refractivity contribution is 0.191. The Bertz CT molecular complexity index is 400. The highest BCUT2D eigenvalue weighted by Crippen LogP contribution is 2.35. The summed E-state index contributed by atoms with van der Waals surface area (Å²) in [6.45, 7) is 6.80. The fourth-order valence-corrected chi connectivity index (χ4v) is 3.07. The fourth-order valence-electron chi connectivity index (χ4n) is 3.07. The van der Waals surface area contributed by atoms with Gasteiger partial charge in [0.25, 0.3) is 0 Å². The van der Waals surface area contributed by atoms with Crippen molar-refractivity contribution < 1.29 is 4.39 Å². The Morgan fingerprint density at radius 2 is 2.17 bits per heavy atom. The van der Waals surface area contributed by atoms with Crippen LogP contribution in [-0.2, 0) is 0 Å². The quantitative estimate of drug-likeness (QED) is 0.834. The SMILES string of the molecule is CC(NC1CCCC(C)(C)C1)c1cccc(F)c1. The van der Waals surface area contributed by atoms with Gasteiger partial charge in [-0.3, -0.25) is 0 Å². The summed E-state index contributed by atoms with van der Waals surface area (Å²) in [6.07, 6.45) is 5.07. The maximum Gasteiger partial charge on any atom is 0.123 e. The van der Waals surface area contributed by atoms with E-state index in [0.29, 0.717) is 11.5 Å². The second kappa shape index (κ2) is 5.40. The van der Waals surface area contributed by atoms with E-state index in [1.807, 2.05) is 6.07 Å². The van der Waals surface area contributed by atoms with Crippen molar-refractivity contribution in [3.63, 3.8) is 0 Å². The molecule has 1 saturated carbocycles. The summed E-state index contributed by atoms with van der Waals surface area (Å²) in [4.78, 5) is 0. The molecule has 2 atom stereocenters. The topological polar surface area (TPSA) is 12.0 Å². The van der Waals surface area contributed by atoms with Gasteiger partial charge in [0.1, 0.15) is 5.82 Å². The first-order valence-electron chi connectivity index (χ1n) is 6.98. The van der Waals surface area contributed by atoms with Gasteiger partial charge in [-0.15, -0.1) is 0 Å². The van der Waals surface area contributed by atoms with Crippen LogP contribution >= 0.6 is 0 Å². The molecule has 0 saturated heterocycles. The van der Waals surface area contributed by atoms with Gasteiger partial charge < -0.3 is 5.32 Å². The van der Waals surface area contributed by atoms with Gasteiger partial charge in [0.15, 0.2) is 0 Å². The molecule has 0 aliphatic heterocycles. The van der Waals surface area contributed by atoms with E-state index in [1.165, 1.54) is 31.7 Å². The summed E-state index contributed by atoms with van der Waals surface area (Å²) in [5.41, 5.74) is 1.48. The van der Waals surface area contributed by atoms with Crippen LogP contribution in [0.1, 0.15) is 58.1 Å². The number of nitrogens with one attached hydrogen (secondary N) is 1. The van der Waals surface area contributed by atoms with E-state index in [9.17, 15) is 4.39 Å². The van der Waals surface area contributed by atoms with E-state index in [0.717, 1.165) is 5.56 Å². The van der Waals surface area contributed by atoms with E-state index < -0.39 is 0 Å². The monoisotopic (exact) mass is 249 g/mol. The third-order valence-electron chi connectivity index (χ3n) is 4.04. The van der Waals surface area contributed by atoms with Gasteiger partial charge in [0, 0.05) is 12.1 Å². The van der Waals surface area contributed by atoms with Gasteiger partial charge in [-0.05, 0) is 49.3 Å². The summed E-state index contributed by atoms with van der Waals surface area (Å²) in [7, 11) is 0. The molecular weight excluding hydrogens is 225 g/mol. The lowest BCUT2D eigenvalue weighted by atomic mass is 9.75. The Hall–Kier alpha value is -0.890. The minimum Gasteiger partial charge on any atom is -0.307 e. The zero-order valence-electron chi connectivity index (χ0n) is 11.7. The minimum absolute atomic E-state index is 0.148. The summed E-state index contributed by atoms with van der Waals surface area (Å²) >= 11 is 0. The summed E-state index contributed by atoms with van der Waals surface area (Å²) in [5, 5.41) is 3.65. The molecule has 0 aromatic heterocycles. The van der Waals surface area contributed by atoms with Crippen molar-refractivity contribution >= 4 is 0 Å². The van der Waals surface area contributed by atoms with Crippen molar-refractivity contribution in [1.29, 1.82) is 0 Å². The van der Waals surface area contributed by atoms with Crippen LogP contribution < -0.4 is 5.32 Å². The summed E-state index contributed by atoms with van der Waals surface area (Å²) < 4.78 is 13.2. The van der Waals surface area contributed by atoms with Crippen LogP contribution in [0.15, 0.2) is 24.3 Å². The van der Waals surface area contributed by atoms with Crippen LogP contribution in [0.25, 0.3) is 0 Å². The van der Waals surface area contributed by atoms with Gasteiger partial charge >= 0.3 is 0 Å². The van der Waals surface area contributed by atoms with Crippen LogP contribution in [0.3, 0.4) is 0 Å². The van der Waals surface area contributed by atoms with Crippen LogP contribution in [0, 0.1) is 11.2 Å². The zero-order valence-corrected chi connectivity index (χ0v) is 11.7. The van der Waals surface area contributed by atoms with Crippen molar-refractivity contribution in [3.8, 4) is 0 Å². The first kappa shape index (κ1) is 13.5. The molecule has 1 aliphatic carbocycles. The van der Waals surface area contributed by atoms with E-state index in [2.05, 4.69) is 26.1 Å². The molecule has 2 unspecified atom stereocenters. The van der Waals surface area contributed by atoms with E-state index in [1.54, 1.807) is 12.1 Å². The van der Waals surface area contributed by atoms with Crippen LogP contribution in [0.5, 0.6) is 0 Å². The Balaban J connectivity index is 1.97. The number of rotatable bonds is 3. The van der Waals surface area contributed by atoms with Gasteiger partial charge in [0.05, 0.1) is 0 Å². The average Bonchev–Trinajstić information content (AvgIpc) is 2.27.